The summed E-state index contributed by atoms with van der Waals surface area (Å²) in [5.74, 6) is 0.840. The van der Waals surface area contributed by atoms with Gasteiger partial charge in [0.2, 0.25) is 0 Å². The van der Waals surface area contributed by atoms with Crippen LogP contribution in [0.15, 0.2) is 60.9 Å². The summed E-state index contributed by atoms with van der Waals surface area (Å²) in [6, 6.07) is 15.7. The lowest BCUT2D eigenvalue weighted by Gasteiger charge is -2.35. The molecule has 0 atom stereocenters. The lowest BCUT2D eigenvalue weighted by molar-refractivity contribution is 0.0742. The topological polar surface area (TPSA) is 58.6 Å². The predicted molar refractivity (Wildman–Crippen MR) is 109 cm³/mol. The Morgan fingerprint density at radius 3 is 2.41 bits per heavy atom. The second kappa shape index (κ2) is 8.26. The third-order valence-corrected chi connectivity index (χ3v) is 5.03. The molecule has 0 spiro atoms. The van der Waals surface area contributed by atoms with Gasteiger partial charge in [0.25, 0.3) is 5.91 Å². The van der Waals surface area contributed by atoms with Crippen molar-refractivity contribution in [1.82, 2.24) is 14.9 Å². The Labute approximate surface area is 168 Å². The summed E-state index contributed by atoms with van der Waals surface area (Å²) in [4.78, 5) is 25.1. The highest BCUT2D eigenvalue weighted by atomic mass is 19.1. The molecule has 1 saturated heterocycles. The van der Waals surface area contributed by atoms with E-state index in [4.69, 9.17) is 4.74 Å². The minimum Gasteiger partial charge on any atom is -0.497 e. The van der Waals surface area contributed by atoms with E-state index in [0.29, 0.717) is 26.2 Å². The fourth-order valence-corrected chi connectivity index (χ4v) is 3.38. The molecule has 1 amide bonds. The predicted octanol–water partition coefficient (Wildman–Crippen LogP) is 3.25. The molecule has 0 bridgehead atoms. The zero-order valence-corrected chi connectivity index (χ0v) is 16.1. The van der Waals surface area contributed by atoms with E-state index in [2.05, 4.69) is 14.9 Å². The Kier molecular flexibility index (Phi) is 5.37. The lowest BCUT2D eigenvalue weighted by Crippen LogP contribution is -2.49. The molecule has 0 N–H and O–H groups in total. The van der Waals surface area contributed by atoms with Crippen molar-refractivity contribution in [2.75, 3.05) is 38.2 Å². The van der Waals surface area contributed by atoms with Crippen molar-refractivity contribution in [1.29, 1.82) is 0 Å². The SMILES string of the molecule is COc1ccc(-c2cc(N3CCN(C(=O)c4ccccc4F)CC3)ncn2)cc1. The molecule has 1 aliphatic heterocycles. The molecule has 1 aliphatic rings. The molecule has 6 nitrogen and oxygen atoms in total. The number of carbonyl (C=O) groups is 1. The van der Waals surface area contributed by atoms with Crippen LogP contribution in [0.4, 0.5) is 10.2 Å². The maximum atomic E-state index is 13.9. The largest absolute Gasteiger partial charge is 0.497 e. The number of amides is 1. The van der Waals surface area contributed by atoms with Gasteiger partial charge in [-0.1, -0.05) is 12.1 Å². The molecule has 2 heterocycles. The van der Waals surface area contributed by atoms with Crippen molar-refractivity contribution in [3.8, 4) is 17.0 Å². The first-order chi connectivity index (χ1) is 14.2. The number of methoxy groups -OCH3 is 1. The van der Waals surface area contributed by atoms with Gasteiger partial charge in [-0.15, -0.1) is 0 Å². The van der Waals surface area contributed by atoms with Crippen molar-refractivity contribution < 1.29 is 13.9 Å². The third kappa shape index (κ3) is 4.03. The van der Waals surface area contributed by atoms with Gasteiger partial charge >= 0.3 is 0 Å². The molecule has 148 valence electrons. The van der Waals surface area contributed by atoms with Crippen LogP contribution >= 0.6 is 0 Å². The van der Waals surface area contributed by atoms with Crippen LogP contribution in [0.2, 0.25) is 0 Å². The smallest absolute Gasteiger partial charge is 0.256 e. The number of hydrogen-bond acceptors (Lipinski definition) is 5. The minimum absolute atomic E-state index is 0.116. The number of hydrogen-bond donors (Lipinski definition) is 0. The zero-order valence-electron chi connectivity index (χ0n) is 16.1. The van der Waals surface area contributed by atoms with Crippen LogP contribution in [0, 0.1) is 5.82 Å². The van der Waals surface area contributed by atoms with Crippen molar-refractivity contribution >= 4 is 11.7 Å². The molecular weight excluding hydrogens is 371 g/mol. The third-order valence-electron chi connectivity index (χ3n) is 5.03. The first-order valence-corrected chi connectivity index (χ1v) is 9.41. The van der Waals surface area contributed by atoms with Crippen LogP contribution < -0.4 is 9.64 Å². The van der Waals surface area contributed by atoms with Gasteiger partial charge in [-0.2, -0.15) is 0 Å². The fraction of sp³-hybridized carbons (Fsp3) is 0.227. The number of anilines is 1. The number of ether oxygens (including phenoxy) is 1. The molecule has 1 fully saturated rings. The van der Waals surface area contributed by atoms with E-state index in [0.717, 1.165) is 22.8 Å². The van der Waals surface area contributed by atoms with Crippen LogP contribution in [-0.4, -0.2) is 54.1 Å². The summed E-state index contributed by atoms with van der Waals surface area (Å²) >= 11 is 0. The average molecular weight is 392 g/mol. The second-order valence-electron chi connectivity index (χ2n) is 6.75. The van der Waals surface area contributed by atoms with E-state index >= 15 is 0 Å². The van der Waals surface area contributed by atoms with Crippen molar-refractivity contribution in [3.05, 3.63) is 72.3 Å². The summed E-state index contributed by atoms with van der Waals surface area (Å²) in [6.45, 7) is 2.27. The van der Waals surface area contributed by atoms with E-state index in [1.165, 1.54) is 12.1 Å². The van der Waals surface area contributed by atoms with Crippen molar-refractivity contribution in [2.24, 2.45) is 0 Å². The van der Waals surface area contributed by atoms with Crippen LogP contribution in [0.25, 0.3) is 11.3 Å². The Balaban J connectivity index is 1.45. The molecule has 2 aromatic carbocycles. The monoisotopic (exact) mass is 392 g/mol. The Bertz CT molecular complexity index is 1000. The van der Waals surface area contributed by atoms with Gasteiger partial charge in [-0.25, -0.2) is 14.4 Å². The molecule has 29 heavy (non-hydrogen) atoms. The molecule has 0 aliphatic carbocycles. The standard InChI is InChI=1S/C22H21FN4O2/c1-29-17-8-6-16(7-9-17)20-14-21(25-15-24-20)26-10-12-27(13-11-26)22(28)18-4-2-3-5-19(18)23/h2-9,14-15H,10-13H2,1H3. The van der Waals surface area contributed by atoms with E-state index in [1.54, 1.807) is 30.5 Å². The molecule has 4 rings (SSSR count). The quantitative estimate of drug-likeness (QED) is 0.682. The summed E-state index contributed by atoms with van der Waals surface area (Å²) in [6.07, 6.45) is 1.55. The van der Waals surface area contributed by atoms with Crippen LogP contribution in [0.5, 0.6) is 5.75 Å². The number of benzene rings is 2. The van der Waals surface area contributed by atoms with Gasteiger partial charge in [0.1, 0.15) is 23.7 Å². The molecule has 0 unspecified atom stereocenters. The van der Waals surface area contributed by atoms with Gasteiger partial charge in [0, 0.05) is 37.8 Å². The normalized spacial score (nSPS) is 14.0. The average Bonchev–Trinajstić information content (AvgIpc) is 2.79. The summed E-state index contributed by atoms with van der Waals surface area (Å²) in [7, 11) is 1.63. The summed E-state index contributed by atoms with van der Waals surface area (Å²) in [5, 5.41) is 0. The number of piperazine rings is 1. The highest BCUT2D eigenvalue weighted by molar-refractivity contribution is 5.94. The number of halogens is 1. The number of carbonyl (C=O) groups excluding carboxylic acids is 1. The van der Waals surface area contributed by atoms with E-state index in [9.17, 15) is 9.18 Å². The highest BCUT2D eigenvalue weighted by Crippen LogP contribution is 2.24. The number of rotatable bonds is 4. The van der Waals surface area contributed by atoms with Crippen LogP contribution in [-0.2, 0) is 0 Å². The van der Waals surface area contributed by atoms with Gasteiger partial charge in [0.15, 0.2) is 0 Å². The van der Waals surface area contributed by atoms with Crippen LogP contribution in [0.3, 0.4) is 0 Å². The number of aromatic nitrogens is 2. The summed E-state index contributed by atoms with van der Waals surface area (Å²) < 4.78 is 19.1. The Morgan fingerprint density at radius 2 is 1.72 bits per heavy atom. The second-order valence-corrected chi connectivity index (χ2v) is 6.75. The van der Waals surface area contributed by atoms with Gasteiger partial charge in [0.05, 0.1) is 18.4 Å². The minimum atomic E-state index is -0.486. The first-order valence-electron chi connectivity index (χ1n) is 9.41. The molecule has 0 saturated carbocycles. The summed E-state index contributed by atoms with van der Waals surface area (Å²) in [5.41, 5.74) is 1.91. The maximum Gasteiger partial charge on any atom is 0.256 e. The molecular formula is C22H21FN4O2. The van der Waals surface area contributed by atoms with Gasteiger partial charge < -0.3 is 14.5 Å². The number of nitrogens with zero attached hydrogens (tertiary/aromatic N) is 4. The highest BCUT2D eigenvalue weighted by Gasteiger charge is 2.24. The molecule has 0 radical (unpaired) electrons. The van der Waals surface area contributed by atoms with Gasteiger partial charge in [-0.05, 0) is 36.4 Å². The van der Waals surface area contributed by atoms with E-state index < -0.39 is 5.82 Å². The van der Waals surface area contributed by atoms with E-state index in [-0.39, 0.29) is 11.5 Å². The maximum absolute atomic E-state index is 13.9. The molecule has 7 heteroatoms. The zero-order chi connectivity index (χ0) is 20.2. The Morgan fingerprint density at radius 1 is 1.00 bits per heavy atom. The Hall–Kier alpha value is -3.48. The lowest BCUT2D eigenvalue weighted by atomic mass is 10.1. The fourth-order valence-electron chi connectivity index (χ4n) is 3.38. The van der Waals surface area contributed by atoms with Crippen LogP contribution in [0.1, 0.15) is 10.4 Å². The van der Waals surface area contributed by atoms with Crippen molar-refractivity contribution in [3.63, 3.8) is 0 Å². The van der Waals surface area contributed by atoms with Gasteiger partial charge in [-0.3, -0.25) is 4.79 Å². The van der Waals surface area contributed by atoms with E-state index in [1.807, 2.05) is 30.3 Å². The molecule has 1 aromatic heterocycles. The molecule has 3 aromatic rings. The van der Waals surface area contributed by atoms with Crippen molar-refractivity contribution in [2.45, 2.75) is 0 Å². The first kappa shape index (κ1) is 18.9.